The van der Waals surface area contributed by atoms with E-state index in [-0.39, 0.29) is 16.9 Å². The third-order valence-electron chi connectivity index (χ3n) is 2.37. The molecule has 1 heterocycles. The number of carbonyl (C=O) groups is 2. The van der Waals surface area contributed by atoms with Crippen LogP contribution in [0, 0.1) is 10.1 Å². The molecule has 0 bridgehead atoms. The first-order valence-corrected chi connectivity index (χ1v) is 6.52. The van der Waals surface area contributed by atoms with Crippen LogP contribution in [0.4, 0.5) is 10.5 Å². The number of methoxy groups -OCH3 is 1. The van der Waals surface area contributed by atoms with E-state index >= 15 is 0 Å². The van der Waals surface area contributed by atoms with Gasteiger partial charge in [0.2, 0.25) is 0 Å². The van der Waals surface area contributed by atoms with E-state index in [1.165, 1.54) is 12.3 Å². The molecule has 0 saturated heterocycles. The quantitative estimate of drug-likeness (QED) is 0.389. The Hall–Kier alpha value is -2.97. The molecule has 0 aromatic carbocycles. The number of nitrogens with one attached hydrogen (secondary N) is 1. The smallest absolute Gasteiger partial charge is 0.412 e. The molecule has 0 saturated carbocycles. The highest BCUT2D eigenvalue weighted by atomic mass is 16.6. The molecule has 0 aliphatic heterocycles. The van der Waals surface area contributed by atoms with Gasteiger partial charge in [0.1, 0.15) is 17.5 Å². The van der Waals surface area contributed by atoms with E-state index in [4.69, 9.17) is 4.74 Å². The van der Waals surface area contributed by atoms with Gasteiger partial charge in [-0.3, -0.25) is 20.4 Å². The summed E-state index contributed by atoms with van der Waals surface area (Å²) in [6.45, 7) is 4.96. The lowest BCUT2D eigenvalue weighted by Crippen LogP contribution is -2.34. The third kappa shape index (κ3) is 5.73. The van der Waals surface area contributed by atoms with Crippen LogP contribution < -0.4 is 5.32 Å². The Kier molecular flexibility index (Phi) is 5.77. The highest BCUT2D eigenvalue weighted by Gasteiger charge is 2.21. The Balaban J connectivity index is 3.15. The maximum absolute atomic E-state index is 11.8. The van der Waals surface area contributed by atoms with Crippen molar-refractivity contribution in [1.82, 2.24) is 10.3 Å². The summed E-state index contributed by atoms with van der Waals surface area (Å²) < 4.78 is 9.59. The standard InChI is InChI=1S/C14H17N3O6/c1-14(2,3)23-13(19)16-10(12(18)22-4)7-9-5-6-15-8-11(9)17(20)21/h5-8H,1-4H3,(H,16,19)/b10-7+. The van der Waals surface area contributed by atoms with Crippen LogP contribution in [0.25, 0.3) is 6.08 Å². The minimum Gasteiger partial charge on any atom is -0.464 e. The molecule has 0 aliphatic rings. The van der Waals surface area contributed by atoms with Crippen molar-refractivity contribution >= 4 is 23.8 Å². The average molecular weight is 323 g/mol. The van der Waals surface area contributed by atoms with Crippen molar-refractivity contribution in [3.8, 4) is 0 Å². The highest BCUT2D eigenvalue weighted by Crippen LogP contribution is 2.19. The number of amides is 1. The molecule has 0 spiro atoms. The number of hydrogen-bond acceptors (Lipinski definition) is 7. The van der Waals surface area contributed by atoms with Gasteiger partial charge in [0.15, 0.2) is 0 Å². The number of pyridine rings is 1. The van der Waals surface area contributed by atoms with Gasteiger partial charge in [0.05, 0.1) is 17.6 Å². The predicted molar refractivity (Wildman–Crippen MR) is 80.3 cm³/mol. The highest BCUT2D eigenvalue weighted by molar-refractivity contribution is 5.97. The molecule has 0 radical (unpaired) electrons. The van der Waals surface area contributed by atoms with Crippen LogP contribution in [0.15, 0.2) is 24.2 Å². The fraction of sp³-hybridized carbons (Fsp3) is 0.357. The summed E-state index contributed by atoms with van der Waals surface area (Å²) in [6, 6.07) is 1.33. The first-order chi connectivity index (χ1) is 10.6. The third-order valence-corrected chi connectivity index (χ3v) is 2.37. The van der Waals surface area contributed by atoms with Crippen molar-refractivity contribution in [2.45, 2.75) is 26.4 Å². The average Bonchev–Trinajstić information content (AvgIpc) is 2.44. The topological polar surface area (TPSA) is 121 Å². The largest absolute Gasteiger partial charge is 0.464 e. The van der Waals surface area contributed by atoms with E-state index in [2.05, 4.69) is 15.0 Å². The van der Waals surface area contributed by atoms with Gasteiger partial charge >= 0.3 is 12.1 Å². The molecule has 23 heavy (non-hydrogen) atoms. The van der Waals surface area contributed by atoms with Gasteiger partial charge in [0.25, 0.3) is 5.69 Å². The Labute approximate surface area is 132 Å². The Morgan fingerprint density at radius 1 is 1.39 bits per heavy atom. The zero-order chi connectivity index (χ0) is 17.6. The molecular formula is C14H17N3O6. The van der Waals surface area contributed by atoms with Gasteiger partial charge in [-0.05, 0) is 32.9 Å². The van der Waals surface area contributed by atoms with E-state index in [9.17, 15) is 19.7 Å². The Bertz CT molecular complexity index is 648. The summed E-state index contributed by atoms with van der Waals surface area (Å²) in [5.74, 6) is -0.873. The summed E-state index contributed by atoms with van der Waals surface area (Å²) in [5.41, 5.74) is -1.30. The van der Waals surface area contributed by atoms with Crippen molar-refractivity contribution in [3.05, 3.63) is 39.8 Å². The molecule has 0 unspecified atom stereocenters. The van der Waals surface area contributed by atoms with Crippen LogP contribution in [0.2, 0.25) is 0 Å². The molecular weight excluding hydrogens is 306 g/mol. The lowest BCUT2D eigenvalue weighted by molar-refractivity contribution is -0.385. The van der Waals surface area contributed by atoms with Crippen LogP contribution in [-0.4, -0.2) is 34.7 Å². The zero-order valence-corrected chi connectivity index (χ0v) is 13.2. The van der Waals surface area contributed by atoms with Crippen molar-refractivity contribution in [3.63, 3.8) is 0 Å². The number of ether oxygens (including phenoxy) is 2. The second-order valence-electron chi connectivity index (χ2n) is 5.37. The van der Waals surface area contributed by atoms with E-state index in [1.807, 2.05) is 0 Å². The van der Waals surface area contributed by atoms with E-state index < -0.39 is 22.6 Å². The minimum absolute atomic E-state index is 0.0847. The Morgan fingerprint density at radius 3 is 2.57 bits per heavy atom. The molecule has 1 amide bonds. The lowest BCUT2D eigenvalue weighted by atomic mass is 10.2. The maximum Gasteiger partial charge on any atom is 0.412 e. The first-order valence-electron chi connectivity index (χ1n) is 6.52. The summed E-state index contributed by atoms with van der Waals surface area (Å²) in [5, 5.41) is 13.2. The second kappa shape index (κ2) is 7.34. The van der Waals surface area contributed by atoms with Crippen LogP contribution in [0.3, 0.4) is 0 Å². The van der Waals surface area contributed by atoms with Crippen LogP contribution in [0.1, 0.15) is 26.3 Å². The zero-order valence-electron chi connectivity index (χ0n) is 13.2. The number of esters is 1. The SMILES string of the molecule is COC(=O)/C(=C\c1ccncc1[N+](=O)[O-])NC(=O)OC(C)(C)C. The molecule has 0 fully saturated rings. The van der Waals surface area contributed by atoms with Crippen LogP contribution in [-0.2, 0) is 14.3 Å². The number of nitro groups is 1. The minimum atomic E-state index is -0.883. The summed E-state index contributed by atoms with van der Waals surface area (Å²) in [6.07, 6.45) is 2.59. The van der Waals surface area contributed by atoms with Crippen molar-refractivity contribution in [2.75, 3.05) is 7.11 Å². The van der Waals surface area contributed by atoms with Crippen LogP contribution in [0.5, 0.6) is 0 Å². The molecule has 0 atom stereocenters. The van der Waals surface area contributed by atoms with Gasteiger partial charge < -0.3 is 9.47 Å². The molecule has 1 aromatic rings. The molecule has 1 N–H and O–H groups in total. The normalized spacial score (nSPS) is 11.6. The van der Waals surface area contributed by atoms with E-state index in [0.717, 1.165) is 19.4 Å². The fourth-order valence-electron chi connectivity index (χ4n) is 1.50. The van der Waals surface area contributed by atoms with Gasteiger partial charge in [0, 0.05) is 6.20 Å². The van der Waals surface area contributed by atoms with Gasteiger partial charge in [-0.2, -0.15) is 0 Å². The molecule has 1 rings (SSSR count). The Morgan fingerprint density at radius 2 is 2.04 bits per heavy atom. The van der Waals surface area contributed by atoms with E-state index in [1.54, 1.807) is 20.8 Å². The van der Waals surface area contributed by atoms with Crippen molar-refractivity contribution < 1.29 is 24.0 Å². The monoisotopic (exact) mass is 323 g/mol. The summed E-state index contributed by atoms with van der Waals surface area (Å²) in [7, 11) is 1.12. The van der Waals surface area contributed by atoms with Crippen molar-refractivity contribution in [2.24, 2.45) is 0 Å². The summed E-state index contributed by atoms with van der Waals surface area (Å²) in [4.78, 5) is 37.5. The molecule has 124 valence electrons. The first kappa shape index (κ1) is 18.1. The maximum atomic E-state index is 11.8. The summed E-state index contributed by atoms with van der Waals surface area (Å²) >= 11 is 0. The molecule has 9 heteroatoms. The second-order valence-corrected chi connectivity index (χ2v) is 5.37. The van der Waals surface area contributed by atoms with Gasteiger partial charge in [-0.1, -0.05) is 0 Å². The number of alkyl carbamates (subject to hydrolysis) is 1. The van der Waals surface area contributed by atoms with Crippen molar-refractivity contribution in [1.29, 1.82) is 0 Å². The fourth-order valence-corrected chi connectivity index (χ4v) is 1.50. The van der Waals surface area contributed by atoms with Crippen LogP contribution >= 0.6 is 0 Å². The number of hydrogen-bond donors (Lipinski definition) is 1. The number of rotatable bonds is 4. The molecule has 9 nitrogen and oxygen atoms in total. The number of nitrogens with zero attached hydrogens (tertiary/aromatic N) is 2. The lowest BCUT2D eigenvalue weighted by Gasteiger charge is -2.20. The predicted octanol–water partition coefficient (Wildman–Crippen LogP) is 2.03. The molecule has 1 aromatic heterocycles. The number of aromatic nitrogens is 1. The van der Waals surface area contributed by atoms with Gasteiger partial charge in [-0.25, -0.2) is 9.59 Å². The van der Waals surface area contributed by atoms with Gasteiger partial charge in [-0.15, -0.1) is 0 Å². The molecule has 0 aliphatic carbocycles. The number of carbonyl (C=O) groups excluding carboxylic acids is 2. The van der Waals surface area contributed by atoms with E-state index in [0.29, 0.717) is 0 Å².